The van der Waals surface area contributed by atoms with E-state index in [-0.39, 0.29) is 12.0 Å². The van der Waals surface area contributed by atoms with Crippen molar-refractivity contribution in [2.24, 2.45) is 5.92 Å². The van der Waals surface area contributed by atoms with Gasteiger partial charge in [-0.2, -0.15) is 0 Å². The lowest BCUT2D eigenvalue weighted by atomic mass is 10.0. The molecule has 1 heterocycles. The highest BCUT2D eigenvalue weighted by Gasteiger charge is 2.48. The van der Waals surface area contributed by atoms with Gasteiger partial charge < -0.3 is 9.84 Å². The second-order valence-corrected chi connectivity index (χ2v) is 2.97. The molecule has 0 amide bonds. The molecular weight excluding hydrogens is 156 g/mol. The molecule has 1 rings (SSSR count). The van der Waals surface area contributed by atoms with Gasteiger partial charge in [-0.05, 0) is 12.8 Å². The minimum Gasteiger partial charge on any atom is -0.479 e. The Labute approximate surface area is 71.7 Å². The number of carbonyl (C=O) groups is 1. The minimum absolute atomic E-state index is 0.122. The number of carboxylic acids is 1. The van der Waals surface area contributed by atoms with Gasteiger partial charge in [0.05, 0.1) is 6.10 Å². The average Bonchev–Trinajstić information content (AvgIpc) is 2.78. The molecule has 0 aromatic carbocycles. The topological polar surface area (TPSA) is 49.8 Å². The average molecular weight is 168 g/mol. The maximum Gasteiger partial charge on any atom is 0.335 e. The predicted molar refractivity (Wildman–Crippen MR) is 43.5 cm³/mol. The predicted octanol–water partition coefficient (Wildman–Crippen LogP) is 0.888. The largest absolute Gasteiger partial charge is 0.479 e. The van der Waals surface area contributed by atoms with Gasteiger partial charge in [-0.15, -0.1) is 11.8 Å². The molecule has 66 valence electrons. The lowest BCUT2D eigenvalue weighted by Gasteiger charge is -2.00. The first-order valence-corrected chi connectivity index (χ1v) is 3.94. The van der Waals surface area contributed by atoms with E-state index in [1.807, 2.05) is 6.92 Å². The Morgan fingerprint density at radius 1 is 1.75 bits per heavy atom. The highest BCUT2D eigenvalue weighted by Crippen LogP contribution is 2.31. The molecule has 1 saturated heterocycles. The summed E-state index contributed by atoms with van der Waals surface area (Å²) in [5.74, 6) is 5.03. The van der Waals surface area contributed by atoms with Crippen molar-refractivity contribution in [1.82, 2.24) is 0 Å². The number of hydrogen-bond acceptors (Lipinski definition) is 2. The van der Waals surface area contributed by atoms with Gasteiger partial charge in [0.2, 0.25) is 0 Å². The number of epoxide rings is 1. The molecule has 1 fully saturated rings. The summed E-state index contributed by atoms with van der Waals surface area (Å²) in [4.78, 5) is 10.4. The molecule has 3 unspecified atom stereocenters. The van der Waals surface area contributed by atoms with Crippen LogP contribution in [0.15, 0.2) is 0 Å². The third-order valence-corrected chi connectivity index (χ3v) is 1.93. The van der Waals surface area contributed by atoms with Crippen LogP contribution >= 0.6 is 0 Å². The Morgan fingerprint density at radius 3 is 2.83 bits per heavy atom. The lowest BCUT2D eigenvalue weighted by molar-refractivity contribution is -0.138. The van der Waals surface area contributed by atoms with E-state index in [9.17, 15) is 4.79 Å². The summed E-state index contributed by atoms with van der Waals surface area (Å²) in [6.45, 7) is 3.73. The maximum atomic E-state index is 10.4. The second kappa shape index (κ2) is 3.59. The molecule has 0 spiro atoms. The SMILES string of the molecule is CC#CCC(C)C1OC1C(=O)O. The van der Waals surface area contributed by atoms with Crippen molar-refractivity contribution in [3.63, 3.8) is 0 Å². The van der Waals surface area contributed by atoms with Gasteiger partial charge in [-0.25, -0.2) is 4.79 Å². The molecular formula is C9H12O3. The van der Waals surface area contributed by atoms with E-state index in [1.54, 1.807) is 6.92 Å². The van der Waals surface area contributed by atoms with Crippen LogP contribution in [-0.2, 0) is 9.53 Å². The molecule has 0 radical (unpaired) electrons. The van der Waals surface area contributed by atoms with E-state index < -0.39 is 12.1 Å². The van der Waals surface area contributed by atoms with Crippen molar-refractivity contribution in [2.75, 3.05) is 0 Å². The smallest absolute Gasteiger partial charge is 0.335 e. The van der Waals surface area contributed by atoms with Crippen LogP contribution in [0.1, 0.15) is 20.3 Å². The zero-order valence-electron chi connectivity index (χ0n) is 7.20. The standard InChI is InChI=1S/C9H12O3/c1-3-4-5-6(2)7-8(12-7)9(10)11/h6-8H,5H2,1-2H3,(H,10,11). The minimum atomic E-state index is -0.865. The fourth-order valence-electron chi connectivity index (χ4n) is 1.13. The number of aliphatic carboxylic acids is 1. The van der Waals surface area contributed by atoms with Crippen molar-refractivity contribution in [2.45, 2.75) is 32.5 Å². The Morgan fingerprint density at radius 2 is 2.42 bits per heavy atom. The number of ether oxygens (including phenoxy) is 1. The zero-order valence-corrected chi connectivity index (χ0v) is 7.20. The van der Waals surface area contributed by atoms with Crippen molar-refractivity contribution < 1.29 is 14.6 Å². The van der Waals surface area contributed by atoms with Crippen LogP contribution in [0.2, 0.25) is 0 Å². The molecule has 0 bridgehead atoms. The van der Waals surface area contributed by atoms with Crippen LogP contribution in [-0.4, -0.2) is 23.3 Å². The fourth-order valence-corrected chi connectivity index (χ4v) is 1.13. The molecule has 0 aliphatic carbocycles. The van der Waals surface area contributed by atoms with E-state index in [4.69, 9.17) is 9.84 Å². The summed E-state index contributed by atoms with van der Waals surface area (Å²) in [5.41, 5.74) is 0. The maximum absolute atomic E-state index is 10.4. The summed E-state index contributed by atoms with van der Waals surface area (Å²) in [5, 5.41) is 8.54. The van der Waals surface area contributed by atoms with Crippen LogP contribution in [0.3, 0.4) is 0 Å². The molecule has 12 heavy (non-hydrogen) atoms. The highest BCUT2D eigenvalue weighted by atomic mass is 16.6. The summed E-state index contributed by atoms with van der Waals surface area (Å²) >= 11 is 0. The molecule has 3 atom stereocenters. The first-order chi connectivity index (χ1) is 5.66. The van der Waals surface area contributed by atoms with E-state index in [2.05, 4.69) is 11.8 Å². The number of carboxylic acid groups (broad SMARTS) is 1. The second-order valence-electron chi connectivity index (χ2n) is 2.97. The summed E-state index contributed by atoms with van der Waals surface area (Å²) in [7, 11) is 0. The summed E-state index contributed by atoms with van der Waals surface area (Å²) < 4.78 is 4.97. The van der Waals surface area contributed by atoms with Gasteiger partial charge in [-0.1, -0.05) is 6.92 Å². The van der Waals surface area contributed by atoms with Crippen LogP contribution in [0.5, 0.6) is 0 Å². The monoisotopic (exact) mass is 168 g/mol. The molecule has 3 nitrogen and oxygen atoms in total. The van der Waals surface area contributed by atoms with E-state index in [0.29, 0.717) is 6.42 Å². The van der Waals surface area contributed by atoms with Crippen molar-refractivity contribution in [3.8, 4) is 11.8 Å². The van der Waals surface area contributed by atoms with Crippen molar-refractivity contribution in [1.29, 1.82) is 0 Å². The molecule has 1 aliphatic rings. The molecule has 0 aromatic rings. The van der Waals surface area contributed by atoms with Crippen LogP contribution in [0.4, 0.5) is 0 Å². The fraction of sp³-hybridized carbons (Fsp3) is 0.667. The lowest BCUT2D eigenvalue weighted by Crippen LogP contribution is -2.13. The van der Waals surface area contributed by atoms with Crippen LogP contribution in [0.25, 0.3) is 0 Å². The Hall–Kier alpha value is -1.01. The van der Waals surface area contributed by atoms with Gasteiger partial charge >= 0.3 is 5.97 Å². The molecule has 0 aromatic heterocycles. The van der Waals surface area contributed by atoms with Gasteiger partial charge in [0, 0.05) is 6.42 Å². The van der Waals surface area contributed by atoms with E-state index in [0.717, 1.165) is 0 Å². The summed E-state index contributed by atoms with van der Waals surface area (Å²) in [6.07, 6.45) is 0.00676. The van der Waals surface area contributed by atoms with Crippen LogP contribution in [0, 0.1) is 17.8 Å². The quantitative estimate of drug-likeness (QED) is 0.503. The zero-order chi connectivity index (χ0) is 9.14. The molecule has 1 aliphatic heterocycles. The van der Waals surface area contributed by atoms with Gasteiger partial charge in [0.1, 0.15) is 0 Å². The van der Waals surface area contributed by atoms with Crippen LogP contribution < -0.4 is 0 Å². The Bertz CT molecular complexity index is 236. The third kappa shape index (κ3) is 1.99. The van der Waals surface area contributed by atoms with E-state index in [1.165, 1.54) is 0 Å². The van der Waals surface area contributed by atoms with Gasteiger partial charge in [-0.3, -0.25) is 0 Å². The van der Waals surface area contributed by atoms with Gasteiger partial charge in [0.15, 0.2) is 6.10 Å². The van der Waals surface area contributed by atoms with Gasteiger partial charge in [0.25, 0.3) is 0 Å². The number of hydrogen-bond donors (Lipinski definition) is 1. The first kappa shape index (κ1) is 9.08. The molecule has 1 N–H and O–H groups in total. The molecule has 0 saturated carbocycles. The van der Waals surface area contributed by atoms with E-state index >= 15 is 0 Å². The third-order valence-electron chi connectivity index (χ3n) is 1.93. The molecule has 3 heteroatoms. The van der Waals surface area contributed by atoms with Crippen molar-refractivity contribution >= 4 is 5.97 Å². The first-order valence-electron chi connectivity index (χ1n) is 3.94. The summed E-state index contributed by atoms with van der Waals surface area (Å²) in [6, 6.07) is 0. The highest BCUT2D eigenvalue weighted by molar-refractivity contribution is 5.75. The Balaban J connectivity index is 2.31. The van der Waals surface area contributed by atoms with Crippen molar-refractivity contribution in [3.05, 3.63) is 0 Å². The normalized spacial score (nSPS) is 28.5. The Kier molecular flexibility index (Phi) is 2.72. The number of rotatable bonds is 3.